The Morgan fingerprint density at radius 3 is 2.61 bits per heavy atom. The zero-order valence-corrected chi connectivity index (χ0v) is 10.7. The minimum atomic E-state index is -0.801. The zero-order chi connectivity index (χ0) is 13.5. The van der Waals surface area contributed by atoms with Crippen LogP contribution in [0, 0.1) is 0 Å². The Hall–Kier alpha value is -1.79. The SMILES string of the molecule is CC(C)(C)OC(=O)NN1C(=O)C2CCCN2C1=O. The molecule has 1 unspecified atom stereocenters. The molecule has 2 aliphatic heterocycles. The third kappa shape index (κ3) is 2.25. The van der Waals surface area contributed by atoms with Crippen LogP contribution < -0.4 is 5.43 Å². The number of fused-ring (bicyclic) bond motifs is 1. The van der Waals surface area contributed by atoms with Crippen molar-refractivity contribution in [3.63, 3.8) is 0 Å². The molecule has 2 heterocycles. The molecule has 0 radical (unpaired) electrons. The fourth-order valence-corrected chi connectivity index (χ4v) is 2.12. The van der Waals surface area contributed by atoms with Crippen molar-refractivity contribution in [2.75, 3.05) is 6.54 Å². The maximum atomic E-state index is 11.9. The predicted molar refractivity (Wildman–Crippen MR) is 61.3 cm³/mol. The van der Waals surface area contributed by atoms with Crippen LogP contribution in [-0.2, 0) is 9.53 Å². The van der Waals surface area contributed by atoms with E-state index in [1.54, 1.807) is 20.8 Å². The highest BCUT2D eigenvalue weighted by Crippen LogP contribution is 2.26. The number of hydrogen-bond acceptors (Lipinski definition) is 4. The lowest BCUT2D eigenvalue weighted by molar-refractivity contribution is -0.130. The maximum Gasteiger partial charge on any atom is 0.427 e. The van der Waals surface area contributed by atoms with Crippen LogP contribution in [0.15, 0.2) is 0 Å². The predicted octanol–water partition coefficient (Wildman–Crippen LogP) is 0.853. The van der Waals surface area contributed by atoms with Crippen molar-refractivity contribution >= 4 is 18.0 Å². The van der Waals surface area contributed by atoms with E-state index in [1.807, 2.05) is 0 Å². The summed E-state index contributed by atoms with van der Waals surface area (Å²) in [4.78, 5) is 36.8. The molecular weight excluding hydrogens is 238 g/mol. The highest BCUT2D eigenvalue weighted by atomic mass is 16.6. The van der Waals surface area contributed by atoms with E-state index in [1.165, 1.54) is 4.90 Å². The van der Waals surface area contributed by atoms with Gasteiger partial charge in [0.1, 0.15) is 11.6 Å². The average molecular weight is 255 g/mol. The molecule has 4 amide bonds. The van der Waals surface area contributed by atoms with Crippen LogP contribution in [0.5, 0.6) is 0 Å². The van der Waals surface area contributed by atoms with Crippen molar-refractivity contribution in [1.29, 1.82) is 0 Å². The van der Waals surface area contributed by atoms with Gasteiger partial charge in [-0.3, -0.25) is 4.79 Å². The number of carbonyl (C=O) groups is 3. The number of carbonyl (C=O) groups excluding carboxylic acids is 3. The molecule has 0 spiro atoms. The maximum absolute atomic E-state index is 11.9. The van der Waals surface area contributed by atoms with E-state index in [0.29, 0.717) is 13.0 Å². The fraction of sp³-hybridized carbons (Fsp3) is 0.727. The summed E-state index contributed by atoms with van der Waals surface area (Å²) in [5.74, 6) is -0.386. The number of imide groups is 1. The first kappa shape index (κ1) is 12.7. The normalized spacial score (nSPS) is 23.4. The molecule has 0 bridgehead atoms. The number of hydrogen-bond donors (Lipinski definition) is 1. The van der Waals surface area contributed by atoms with Gasteiger partial charge >= 0.3 is 12.1 Å². The molecule has 0 aromatic rings. The van der Waals surface area contributed by atoms with Crippen molar-refractivity contribution in [2.45, 2.75) is 45.3 Å². The van der Waals surface area contributed by atoms with Crippen LogP contribution in [-0.4, -0.2) is 46.1 Å². The van der Waals surface area contributed by atoms with E-state index in [4.69, 9.17) is 4.74 Å². The molecule has 0 aliphatic carbocycles. The fourth-order valence-electron chi connectivity index (χ4n) is 2.12. The summed E-state index contributed by atoms with van der Waals surface area (Å²) in [6.07, 6.45) is 0.671. The minimum Gasteiger partial charge on any atom is -0.443 e. The Morgan fingerprint density at radius 2 is 2.06 bits per heavy atom. The highest BCUT2D eigenvalue weighted by molar-refractivity contribution is 6.05. The van der Waals surface area contributed by atoms with E-state index in [2.05, 4.69) is 5.43 Å². The summed E-state index contributed by atoms with van der Waals surface area (Å²) in [6.45, 7) is 5.68. The van der Waals surface area contributed by atoms with Crippen molar-refractivity contribution in [3.05, 3.63) is 0 Å². The standard InChI is InChI=1S/C11H17N3O4/c1-11(2,3)18-9(16)12-14-8(15)7-5-4-6-13(7)10(14)17/h7H,4-6H2,1-3H3,(H,12,16). The van der Waals surface area contributed by atoms with Gasteiger partial charge in [-0.2, -0.15) is 5.01 Å². The molecule has 18 heavy (non-hydrogen) atoms. The monoisotopic (exact) mass is 255 g/mol. The smallest absolute Gasteiger partial charge is 0.427 e. The summed E-state index contributed by atoms with van der Waals surface area (Å²) in [5, 5.41) is 0.748. The molecule has 7 heteroatoms. The van der Waals surface area contributed by atoms with Gasteiger partial charge in [-0.25, -0.2) is 15.0 Å². The second-order valence-corrected chi connectivity index (χ2v) is 5.42. The van der Waals surface area contributed by atoms with Gasteiger partial charge in [-0.1, -0.05) is 0 Å². The molecule has 2 saturated heterocycles. The third-order valence-corrected chi connectivity index (χ3v) is 2.80. The van der Waals surface area contributed by atoms with Gasteiger partial charge in [-0.15, -0.1) is 0 Å². The van der Waals surface area contributed by atoms with Gasteiger partial charge in [0.25, 0.3) is 5.91 Å². The van der Waals surface area contributed by atoms with Gasteiger partial charge in [0.15, 0.2) is 0 Å². The summed E-state index contributed by atoms with van der Waals surface area (Å²) in [6, 6.07) is -0.902. The second-order valence-electron chi connectivity index (χ2n) is 5.42. The van der Waals surface area contributed by atoms with E-state index >= 15 is 0 Å². The zero-order valence-electron chi connectivity index (χ0n) is 10.7. The lowest BCUT2D eigenvalue weighted by Gasteiger charge is -2.22. The van der Waals surface area contributed by atoms with Gasteiger partial charge in [0, 0.05) is 6.54 Å². The average Bonchev–Trinajstić information content (AvgIpc) is 2.76. The molecule has 0 aromatic heterocycles. The Labute approximate surface area is 105 Å². The number of urea groups is 1. The van der Waals surface area contributed by atoms with Crippen LogP contribution in [0.1, 0.15) is 33.6 Å². The number of rotatable bonds is 1. The number of nitrogens with zero attached hydrogens (tertiary/aromatic N) is 2. The van der Waals surface area contributed by atoms with E-state index < -0.39 is 23.8 Å². The molecule has 2 rings (SSSR count). The van der Waals surface area contributed by atoms with Gasteiger partial charge in [0.05, 0.1) is 0 Å². The van der Waals surface area contributed by atoms with Crippen molar-refractivity contribution in [2.24, 2.45) is 0 Å². The first-order valence-electron chi connectivity index (χ1n) is 5.94. The number of amides is 4. The number of ether oxygens (including phenoxy) is 1. The molecule has 7 nitrogen and oxygen atoms in total. The van der Waals surface area contributed by atoms with Crippen LogP contribution in [0.3, 0.4) is 0 Å². The first-order chi connectivity index (χ1) is 8.29. The van der Waals surface area contributed by atoms with Gasteiger partial charge in [-0.05, 0) is 33.6 Å². The Morgan fingerprint density at radius 1 is 1.39 bits per heavy atom. The van der Waals surface area contributed by atoms with Crippen molar-refractivity contribution in [3.8, 4) is 0 Å². The lowest BCUT2D eigenvalue weighted by Crippen LogP contribution is -2.49. The molecular formula is C11H17N3O4. The van der Waals surface area contributed by atoms with Crippen LogP contribution in [0.4, 0.5) is 9.59 Å². The third-order valence-electron chi connectivity index (χ3n) is 2.80. The second kappa shape index (κ2) is 4.15. The summed E-state index contributed by atoms with van der Waals surface area (Å²) >= 11 is 0. The van der Waals surface area contributed by atoms with Crippen LogP contribution in [0.25, 0.3) is 0 Å². The lowest BCUT2D eigenvalue weighted by atomic mass is 10.2. The van der Waals surface area contributed by atoms with E-state index in [9.17, 15) is 14.4 Å². The molecule has 100 valence electrons. The molecule has 1 atom stereocenters. The summed E-state index contributed by atoms with van der Waals surface area (Å²) in [5.41, 5.74) is 1.52. The number of hydrazine groups is 1. The summed E-state index contributed by atoms with van der Waals surface area (Å²) in [7, 11) is 0. The van der Waals surface area contributed by atoms with Crippen LogP contribution >= 0.6 is 0 Å². The molecule has 2 fully saturated rings. The first-order valence-corrected chi connectivity index (χ1v) is 5.94. The van der Waals surface area contributed by atoms with E-state index in [0.717, 1.165) is 11.4 Å². The van der Waals surface area contributed by atoms with Gasteiger partial charge < -0.3 is 9.64 Å². The molecule has 0 saturated carbocycles. The Bertz CT molecular complexity index is 380. The van der Waals surface area contributed by atoms with Gasteiger partial charge in [0.2, 0.25) is 0 Å². The summed E-state index contributed by atoms with van der Waals surface area (Å²) < 4.78 is 5.00. The highest BCUT2D eigenvalue weighted by Gasteiger charge is 2.48. The topological polar surface area (TPSA) is 79.0 Å². The Balaban J connectivity index is 2.00. The van der Waals surface area contributed by atoms with E-state index in [-0.39, 0.29) is 5.91 Å². The largest absolute Gasteiger partial charge is 0.443 e. The quantitative estimate of drug-likeness (QED) is 0.704. The molecule has 1 N–H and O–H groups in total. The molecule has 2 aliphatic rings. The van der Waals surface area contributed by atoms with Crippen LogP contribution in [0.2, 0.25) is 0 Å². The molecule has 0 aromatic carbocycles. The number of nitrogens with one attached hydrogen (secondary N) is 1. The Kier molecular flexibility index (Phi) is 2.92. The van der Waals surface area contributed by atoms with Crippen molar-refractivity contribution in [1.82, 2.24) is 15.3 Å². The minimum absolute atomic E-state index is 0.386. The van der Waals surface area contributed by atoms with Crippen molar-refractivity contribution < 1.29 is 19.1 Å².